The van der Waals surface area contributed by atoms with Gasteiger partial charge in [-0.1, -0.05) is 19.3 Å². The molecule has 1 spiro atoms. The molecule has 3 rings (SSSR count). The molecule has 1 unspecified atom stereocenters. The minimum Gasteiger partial charge on any atom is -0.370 e. The average molecular weight is 353 g/mol. The summed E-state index contributed by atoms with van der Waals surface area (Å²) in [6.45, 7) is 0.590. The number of halogens is 1. The number of amides is 1. The second-order valence-electron chi connectivity index (χ2n) is 6.12. The van der Waals surface area contributed by atoms with E-state index in [-0.39, 0.29) is 17.6 Å². The van der Waals surface area contributed by atoms with E-state index in [1.807, 2.05) is 0 Å². The molecule has 1 saturated heterocycles. The molecule has 2 heterocycles. The first kappa shape index (κ1) is 15.0. The Morgan fingerprint density at radius 2 is 2.14 bits per heavy atom. The third kappa shape index (κ3) is 3.64. The molecule has 21 heavy (non-hydrogen) atoms. The maximum absolute atomic E-state index is 12.1. The highest BCUT2D eigenvalue weighted by Gasteiger charge is 2.40. The summed E-state index contributed by atoms with van der Waals surface area (Å²) >= 11 is 3.33. The number of carbonyl (C=O) groups excluding carboxylic acids is 1. The zero-order valence-electron chi connectivity index (χ0n) is 12.1. The van der Waals surface area contributed by atoms with E-state index in [1.54, 1.807) is 18.5 Å². The van der Waals surface area contributed by atoms with Crippen LogP contribution < -0.4 is 5.32 Å². The first-order valence-corrected chi connectivity index (χ1v) is 8.53. The fourth-order valence-electron chi connectivity index (χ4n) is 3.45. The van der Waals surface area contributed by atoms with Gasteiger partial charge < -0.3 is 10.1 Å². The van der Waals surface area contributed by atoms with Crippen molar-refractivity contribution in [1.29, 1.82) is 0 Å². The minimum atomic E-state index is -0.0861. The van der Waals surface area contributed by atoms with Gasteiger partial charge >= 0.3 is 0 Å². The topological polar surface area (TPSA) is 51.2 Å². The summed E-state index contributed by atoms with van der Waals surface area (Å²) in [5, 5.41) is 2.97. The van der Waals surface area contributed by atoms with Crippen LogP contribution in [-0.4, -0.2) is 29.1 Å². The van der Waals surface area contributed by atoms with Crippen LogP contribution in [0.25, 0.3) is 0 Å². The van der Waals surface area contributed by atoms with Gasteiger partial charge in [-0.3, -0.25) is 9.78 Å². The second-order valence-corrected chi connectivity index (χ2v) is 7.04. The van der Waals surface area contributed by atoms with Crippen molar-refractivity contribution in [2.75, 3.05) is 6.54 Å². The van der Waals surface area contributed by atoms with Gasteiger partial charge in [-0.2, -0.15) is 0 Å². The van der Waals surface area contributed by atoms with Crippen molar-refractivity contribution in [1.82, 2.24) is 10.3 Å². The number of rotatable bonds is 3. The number of nitrogens with one attached hydrogen (secondary N) is 1. The maximum Gasteiger partial charge on any atom is 0.252 e. The van der Waals surface area contributed by atoms with Gasteiger partial charge in [0.15, 0.2) is 0 Å². The lowest BCUT2D eigenvalue weighted by Gasteiger charge is -2.33. The van der Waals surface area contributed by atoms with E-state index in [1.165, 1.54) is 32.1 Å². The van der Waals surface area contributed by atoms with Crippen LogP contribution in [0, 0.1) is 0 Å². The summed E-state index contributed by atoms with van der Waals surface area (Å²) in [4.78, 5) is 16.1. The molecular weight excluding hydrogens is 332 g/mol. The fraction of sp³-hybridized carbons (Fsp3) is 0.625. The molecule has 1 N–H and O–H groups in total. The number of carbonyl (C=O) groups is 1. The van der Waals surface area contributed by atoms with Gasteiger partial charge in [0.05, 0.1) is 17.3 Å². The molecule has 1 aliphatic carbocycles. The van der Waals surface area contributed by atoms with E-state index in [2.05, 4.69) is 26.2 Å². The molecule has 1 aliphatic heterocycles. The second kappa shape index (κ2) is 6.44. The monoisotopic (exact) mass is 352 g/mol. The average Bonchev–Trinajstić information content (AvgIpc) is 2.88. The van der Waals surface area contributed by atoms with E-state index in [4.69, 9.17) is 4.74 Å². The number of hydrogen-bond donors (Lipinski definition) is 1. The zero-order valence-corrected chi connectivity index (χ0v) is 13.7. The zero-order chi connectivity index (χ0) is 14.7. The van der Waals surface area contributed by atoms with Crippen LogP contribution >= 0.6 is 15.9 Å². The van der Waals surface area contributed by atoms with Crippen molar-refractivity contribution in [3.8, 4) is 0 Å². The highest BCUT2D eigenvalue weighted by molar-refractivity contribution is 9.10. The number of hydrogen-bond acceptors (Lipinski definition) is 3. The molecule has 1 amide bonds. The first-order valence-electron chi connectivity index (χ1n) is 7.73. The SMILES string of the molecule is O=C(NCC1CCC2(CCCCC2)O1)c1cncc(Br)c1. The van der Waals surface area contributed by atoms with Crippen LogP contribution in [0.2, 0.25) is 0 Å². The van der Waals surface area contributed by atoms with Crippen molar-refractivity contribution < 1.29 is 9.53 Å². The van der Waals surface area contributed by atoms with Gasteiger partial charge in [-0.05, 0) is 47.7 Å². The molecule has 2 fully saturated rings. The van der Waals surface area contributed by atoms with Crippen molar-refractivity contribution >= 4 is 21.8 Å². The predicted octanol–water partition coefficient (Wildman–Crippen LogP) is 3.46. The molecule has 1 atom stereocenters. The summed E-state index contributed by atoms with van der Waals surface area (Å²) < 4.78 is 7.07. The van der Waals surface area contributed by atoms with Gasteiger partial charge in [0.2, 0.25) is 0 Å². The van der Waals surface area contributed by atoms with Gasteiger partial charge in [-0.25, -0.2) is 0 Å². The molecule has 1 saturated carbocycles. The van der Waals surface area contributed by atoms with Crippen LogP contribution in [0.5, 0.6) is 0 Å². The van der Waals surface area contributed by atoms with Crippen molar-refractivity contribution in [3.05, 3.63) is 28.5 Å². The molecule has 114 valence electrons. The van der Waals surface area contributed by atoms with Crippen molar-refractivity contribution in [3.63, 3.8) is 0 Å². The third-order valence-electron chi connectivity index (χ3n) is 4.56. The van der Waals surface area contributed by atoms with Crippen LogP contribution in [0.15, 0.2) is 22.9 Å². The number of aromatic nitrogens is 1. The lowest BCUT2D eigenvalue weighted by molar-refractivity contribution is -0.0618. The summed E-state index contributed by atoms with van der Waals surface area (Å²) in [5.74, 6) is -0.0861. The van der Waals surface area contributed by atoms with Crippen LogP contribution in [0.1, 0.15) is 55.3 Å². The first-order chi connectivity index (χ1) is 10.2. The molecule has 5 heteroatoms. The number of ether oxygens (including phenoxy) is 1. The van der Waals surface area contributed by atoms with Gasteiger partial charge in [0.25, 0.3) is 5.91 Å². The molecule has 2 aliphatic rings. The number of pyridine rings is 1. The van der Waals surface area contributed by atoms with Gasteiger partial charge in [0, 0.05) is 23.4 Å². The Bertz CT molecular complexity index is 515. The molecular formula is C16H21BrN2O2. The largest absolute Gasteiger partial charge is 0.370 e. The van der Waals surface area contributed by atoms with Crippen LogP contribution in [0.4, 0.5) is 0 Å². The summed E-state index contributed by atoms with van der Waals surface area (Å²) in [7, 11) is 0. The molecule has 0 radical (unpaired) electrons. The van der Waals surface area contributed by atoms with Crippen molar-refractivity contribution in [2.24, 2.45) is 0 Å². The normalized spacial score (nSPS) is 24.1. The molecule has 1 aromatic heterocycles. The highest BCUT2D eigenvalue weighted by atomic mass is 79.9. The smallest absolute Gasteiger partial charge is 0.252 e. The predicted molar refractivity (Wildman–Crippen MR) is 84.2 cm³/mol. The summed E-state index contributed by atoms with van der Waals surface area (Å²) in [6, 6.07) is 1.78. The summed E-state index contributed by atoms with van der Waals surface area (Å²) in [6.07, 6.45) is 11.9. The Morgan fingerprint density at radius 3 is 2.90 bits per heavy atom. The van der Waals surface area contributed by atoms with Gasteiger partial charge in [0.1, 0.15) is 0 Å². The minimum absolute atomic E-state index is 0.0861. The number of nitrogens with zero attached hydrogens (tertiary/aromatic N) is 1. The molecule has 1 aromatic rings. The van der Waals surface area contributed by atoms with Gasteiger partial charge in [-0.15, -0.1) is 0 Å². The fourth-order valence-corrected chi connectivity index (χ4v) is 3.81. The summed E-state index contributed by atoms with van der Waals surface area (Å²) in [5.41, 5.74) is 0.695. The van der Waals surface area contributed by atoms with Crippen LogP contribution in [0.3, 0.4) is 0 Å². The lowest BCUT2D eigenvalue weighted by atomic mass is 9.83. The Morgan fingerprint density at radius 1 is 1.33 bits per heavy atom. The lowest BCUT2D eigenvalue weighted by Crippen LogP contribution is -2.36. The standard InChI is InChI=1S/C16H21BrN2O2/c17-13-8-12(9-18-10-13)15(20)19-11-14-4-7-16(21-14)5-2-1-3-6-16/h8-10,14H,1-7,11H2,(H,19,20). The van der Waals surface area contributed by atoms with Crippen molar-refractivity contribution in [2.45, 2.75) is 56.7 Å². The van der Waals surface area contributed by atoms with E-state index in [0.717, 1.165) is 17.3 Å². The highest BCUT2D eigenvalue weighted by Crippen LogP contribution is 2.41. The van der Waals surface area contributed by atoms with Crippen LogP contribution in [-0.2, 0) is 4.74 Å². The molecule has 0 aromatic carbocycles. The molecule has 4 nitrogen and oxygen atoms in total. The quantitative estimate of drug-likeness (QED) is 0.906. The van der Waals surface area contributed by atoms with E-state index in [0.29, 0.717) is 12.1 Å². The Kier molecular flexibility index (Phi) is 4.60. The maximum atomic E-state index is 12.1. The van der Waals surface area contributed by atoms with E-state index < -0.39 is 0 Å². The third-order valence-corrected chi connectivity index (χ3v) is 4.99. The Balaban J connectivity index is 1.51. The molecule has 0 bridgehead atoms. The Labute approximate surface area is 133 Å². The van der Waals surface area contributed by atoms with E-state index in [9.17, 15) is 4.79 Å². The Hall–Kier alpha value is -0.940. The van der Waals surface area contributed by atoms with E-state index >= 15 is 0 Å².